The third kappa shape index (κ3) is 2.46. The first-order valence-electron chi connectivity index (χ1n) is 10.6. The molecule has 0 saturated heterocycles. The largest absolute Gasteiger partial charge is 0.314 e. The molecule has 3 heterocycles. The molecule has 2 aliphatic heterocycles. The van der Waals surface area contributed by atoms with Crippen molar-refractivity contribution in [2.24, 2.45) is 4.99 Å². The first-order chi connectivity index (χ1) is 14.7. The molecule has 6 nitrogen and oxygen atoms in total. The summed E-state index contributed by atoms with van der Waals surface area (Å²) < 4.78 is 2.08. The van der Waals surface area contributed by atoms with Crippen LogP contribution in [0.3, 0.4) is 0 Å². The maximum Gasteiger partial charge on any atom is 0.280 e. The summed E-state index contributed by atoms with van der Waals surface area (Å²) in [5, 5.41) is 0. The summed E-state index contributed by atoms with van der Waals surface area (Å²) in [6, 6.07) is 21.0. The van der Waals surface area contributed by atoms with Crippen LogP contribution in [0.2, 0.25) is 0 Å². The van der Waals surface area contributed by atoms with Gasteiger partial charge in [0, 0.05) is 19.2 Å². The maximum atomic E-state index is 13.5. The van der Waals surface area contributed by atoms with Crippen LogP contribution in [0.4, 0.5) is 5.82 Å². The van der Waals surface area contributed by atoms with Crippen LogP contribution in [-0.4, -0.2) is 45.4 Å². The number of hydrogen-bond acceptors (Lipinski definition) is 4. The lowest BCUT2D eigenvalue weighted by molar-refractivity contribution is 0.0855. The van der Waals surface area contributed by atoms with Gasteiger partial charge in [0.15, 0.2) is 11.5 Å². The van der Waals surface area contributed by atoms with E-state index in [0.29, 0.717) is 18.3 Å². The molecule has 2 aromatic carbocycles. The number of benzene rings is 2. The molecule has 6 rings (SSSR count). The van der Waals surface area contributed by atoms with Gasteiger partial charge in [0.2, 0.25) is 5.96 Å². The number of nitrogens with zero attached hydrogens (tertiary/aromatic N) is 5. The Morgan fingerprint density at radius 3 is 2.50 bits per heavy atom. The second kappa shape index (κ2) is 6.55. The summed E-state index contributed by atoms with van der Waals surface area (Å²) in [5.41, 5.74) is 2.82. The van der Waals surface area contributed by atoms with E-state index in [9.17, 15) is 4.79 Å². The maximum absolute atomic E-state index is 13.5. The lowest BCUT2D eigenvalue weighted by Crippen LogP contribution is -2.51. The Hall–Kier alpha value is -3.41. The van der Waals surface area contributed by atoms with Crippen LogP contribution in [0, 0.1) is 0 Å². The van der Waals surface area contributed by atoms with E-state index in [1.165, 1.54) is 6.42 Å². The van der Waals surface area contributed by atoms with Gasteiger partial charge in [-0.25, -0.2) is 9.98 Å². The highest BCUT2D eigenvalue weighted by atomic mass is 16.2. The number of amides is 1. The molecule has 1 saturated carbocycles. The van der Waals surface area contributed by atoms with E-state index in [1.54, 1.807) is 4.90 Å². The van der Waals surface area contributed by atoms with Crippen molar-refractivity contribution in [2.45, 2.75) is 37.9 Å². The molecule has 1 aromatic heterocycles. The Bertz CT molecular complexity index is 1150. The van der Waals surface area contributed by atoms with Gasteiger partial charge in [0.25, 0.3) is 5.91 Å². The van der Waals surface area contributed by atoms with Crippen LogP contribution >= 0.6 is 0 Å². The van der Waals surface area contributed by atoms with E-state index in [4.69, 9.17) is 9.98 Å². The zero-order valence-corrected chi connectivity index (χ0v) is 16.9. The molecule has 6 heteroatoms. The van der Waals surface area contributed by atoms with E-state index in [1.807, 2.05) is 43.4 Å². The van der Waals surface area contributed by atoms with Crippen molar-refractivity contribution in [1.82, 2.24) is 14.5 Å². The molecule has 1 aliphatic carbocycles. The van der Waals surface area contributed by atoms with Crippen LogP contribution in [0.1, 0.15) is 35.3 Å². The average molecular weight is 397 g/mol. The lowest BCUT2D eigenvalue weighted by Gasteiger charge is -2.34. The standard InChI is InChI=1S/C24H23N5O/c1-27-23(30)20-22(29-19-14-8-13-18(19)25-24(27)29)26-21(17-11-6-3-7-12-17)28(20)15-16-9-4-2-5-10-16/h2-7,9-12,18-19H,8,13-15H2,1H3/t18-,19+/m1/s1. The van der Waals surface area contributed by atoms with Crippen LogP contribution in [0.25, 0.3) is 11.4 Å². The Labute approximate surface area is 175 Å². The number of aromatic nitrogens is 2. The van der Waals surface area contributed by atoms with Crippen molar-refractivity contribution in [3.8, 4) is 11.4 Å². The number of guanidine groups is 1. The number of imidazole rings is 1. The Morgan fingerprint density at radius 2 is 1.73 bits per heavy atom. The summed E-state index contributed by atoms with van der Waals surface area (Å²) in [7, 11) is 1.83. The number of carbonyl (C=O) groups excluding carboxylic acids is 1. The van der Waals surface area contributed by atoms with Crippen molar-refractivity contribution in [3.05, 3.63) is 71.9 Å². The van der Waals surface area contributed by atoms with Crippen molar-refractivity contribution < 1.29 is 4.79 Å². The normalized spacial score (nSPS) is 22.0. The van der Waals surface area contributed by atoms with Crippen molar-refractivity contribution in [3.63, 3.8) is 0 Å². The van der Waals surface area contributed by atoms with Gasteiger partial charge in [-0.2, -0.15) is 0 Å². The molecule has 0 radical (unpaired) electrons. The fourth-order valence-corrected chi connectivity index (χ4v) is 5.03. The van der Waals surface area contributed by atoms with Gasteiger partial charge in [-0.1, -0.05) is 60.7 Å². The van der Waals surface area contributed by atoms with Crippen LogP contribution in [0.15, 0.2) is 65.7 Å². The predicted octanol–water partition coefficient (Wildman–Crippen LogP) is 3.78. The van der Waals surface area contributed by atoms with Crippen LogP contribution < -0.4 is 4.90 Å². The molecule has 0 unspecified atom stereocenters. The van der Waals surface area contributed by atoms with Crippen LogP contribution in [0.5, 0.6) is 0 Å². The highest BCUT2D eigenvalue weighted by Crippen LogP contribution is 2.41. The number of fused-ring (bicyclic) bond motifs is 5. The zero-order chi connectivity index (χ0) is 20.2. The Kier molecular flexibility index (Phi) is 3.81. The first-order valence-corrected chi connectivity index (χ1v) is 10.6. The number of rotatable bonds is 3. The van der Waals surface area contributed by atoms with E-state index < -0.39 is 0 Å². The average Bonchev–Trinajstić information content (AvgIpc) is 3.47. The van der Waals surface area contributed by atoms with E-state index in [-0.39, 0.29) is 11.9 Å². The monoisotopic (exact) mass is 397 g/mol. The fraction of sp³-hybridized carbons (Fsp3) is 0.292. The molecule has 0 bridgehead atoms. The number of hydrogen-bond donors (Lipinski definition) is 0. The van der Waals surface area contributed by atoms with Gasteiger partial charge in [-0.3, -0.25) is 14.6 Å². The highest BCUT2D eigenvalue weighted by Gasteiger charge is 2.49. The number of aliphatic imine (C=N–C) groups is 1. The van der Waals surface area contributed by atoms with Crippen molar-refractivity contribution in [1.29, 1.82) is 0 Å². The first kappa shape index (κ1) is 17.4. The molecule has 0 N–H and O–H groups in total. The molecule has 3 aromatic rings. The molecule has 30 heavy (non-hydrogen) atoms. The van der Waals surface area contributed by atoms with Gasteiger partial charge in [0.05, 0.1) is 12.1 Å². The van der Waals surface area contributed by atoms with Gasteiger partial charge < -0.3 is 4.57 Å². The van der Waals surface area contributed by atoms with E-state index in [0.717, 1.165) is 41.6 Å². The minimum atomic E-state index is -0.0365. The summed E-state index contributed by atoms with van der Waals surface area (Å²) in [6.45, 7) is 0.599. The SMILES string of the molecule is CN1C(=O)c2c(nc(-c3ccccc3)n2Cc2ccccc2)N2C1=N[C@@H]1CCC[C@@H]12. The minimum Gasteiger partial charge on any atom is -0.314 e. The summed E-state index contributed by atoms with van der Waals surface area (Å²) in [5.74, 6) is 2.31. The smallest absolute Gasteiger partial charge is 0.280 e. The molecule has 0 spiro atoms. The molecule has 3 aliphatic rings. The highest BCUT2D eigenvalue weighted by molar-refractivity contribution is 6.18. The molecule has 1 amide bonds. The quantitative estimate of drug-likeness (QED) is 0.676. The number of anilines is 1. The fourth-order valence-electron chi connectivity index (χ4n) is 5.03. The zero-order valence-electron chi connectivity index (χ0n) is 16.9. The number of carbonyl (C=O) groups is 1. The molecule has 1 fully saturated rings. The van der Waals surface area contributed by atoms with Gasteiger partial charge in [0.1, 0.15) is 5.82 Å². The molecule has 2 atom stereocenters. The van der Waals surface area contributed by atoms with Crippen molar-refractivity contribution in [2.75, 3.05) is 11.9 Å². The van der Waals surface area contributed by atoms with E-state index >= 15 is 0 Å². The second-order valence-corrected chi connectivity index (χ2v) is 8.27. The minimum absolute atomic E-state index is 0.0365. The molecular formula is C24H23N5O. The third-order valence-electron chi connectivity index (χ3n) is 6.47. The summed E-state index contributed by atoms with van der Waals surface area (Å²) in [4.78, 5) is 27.4. The Morgan fingerprint density at radius 1 is 1.00 bits per heavy atom. The summed E-state index contributed by atoms with van der Waals surface area (Å²) in [6.07, 6.45) is 3.34. The summed E-state index contributed by atoms with van der Waals surface area (Å²) >= 11 is 0. The predicted molar refractivity (Wildman–Crippen MR) is 117 cm³/mol. The van der Waals surface area contributed by atoms with Gasteiger partial charge >= 0.3 is 0 Å². The lowest BCUT2D eigenvalue weighted by atomic mass is 10.1. The van der Waals surface area contributed by atoms with Gasteiger partial charge in [-0.05, 0) is 24.8 Å². The van der Waals surface area contributed by atoms with Crippen molar-refractivity contribution >= 4 is 17.7 Å². The Balaban J connectivity index is 1.57. The third-order valence-corrected chi connectivity index (χ3v) is 6.47. The topological polar surface area (TPSA) is 53.7 Å². The van der Waals surface area contributed by atoms with E-state index in [2.05, 4.69) is 33.7 Å². The molecule has 150 valence electrons. The second-order valence-electron chi connectivity index (χ2n) is 8.27. The molecular weight excluding hydrogens is 374 g/mol. The van der Waals surface area contributed by atoms with Gasteiger partial charge in [-0.15, -0.1) is 0 Å². The van der Waals surface area contributed by atoms with Crippen LogP contribution in [-0.2, 0) is 6.54 Å².